The van der Waals surface area contributed by atoms with Crippen molar-refractivity contribution in [3.63, 3.8) is 0 Å². The molecular formula is C21H36IN3O3S. The molecule has 1 aliphatic carbocycles. The summed E-state index contributed by atoms with van der Waals surface area (Å²) in [7, 11) is -3.01. The number of nitrogens with one attached hydrogen (secondary N) is 2. The summed E-state index contributed by atoms with van der Waals surface area (Å²) in [6.07, 6.45) is 9.27. The average molecular weight is 538 g/mol. The Hall–Kier alpha value is -0.870. The van der Waals surface area contributed by atoms with Crippen molar-refractivity contribution in [3.05, 3.63) is 35.4 Å². The van der Waals surface area contributed by atoms with Crippen LogP contribution in [0.3, 0.4) is 0 Å². The first-order valence-electron chi connectivity index (χ1n) is 10.4. The van der Waals surface area contributed by atoms with Crippen LogP contribution in [0.15, 0.2) is 29.3 Å². The van der Waals surface area contributed by atoms with Gasteiger partial charge < -0.3 is 15.4 Å². The lowest BCUT2D eigenvalue weighted by atomic mass is 10.1. The number of halogens is 1. The topological polar surface area (TPSA) is 79.8 Å². The van der Waals surface area contributed by atoms with Crippen LogP contribution in [0.4, 0.5) is 0 Å². The third-order valence-corrected chi connectivity index (χ3v) is 5.62. The van der Waals surface area contributed by atoms with E-state index in [1.165, 1.54) is 44.8 Å². The van der Waals surface area contributed by atoms with Gasteiger partial charge in [0.1, 0.15) is 0 Å². The number of rotatable bonds is 9. The van der Waals surface area contributed by atoms with Crippen LogP contribution in [0.5, 0.6) is 0 Å². The van der Waals surface area contributed by atoms with Crippen molar-refractivity contribution in [1.29, 1.82) is 0 Å². The molecule has 0 bridgehead atoms. The molecule has 1 aromatic carbocycles. The van der Waals surface area contributed by atoms with E-state index in [9.17, 15) is 8.42 Å². The molecule has 2 rings (SSSR count). The highest BCUT2D eigenvalue weighted by Crippen LogP contribution is 2.19. The van der Waals surface area contributed by atoms with E-state index in [4.69, 9.17) is 4.74 Å². The molecule has 0 unspecified atom stereocenters. The highest BCUT2D eigenvalue weighted by atomic mass is 127. The van der Waals surface area contributed by atoms with Crippen LogP contribution in [0.2, 0.25) is 0 Å². The average Bonchev–Trinajstić information content (AvgIpc) is 2.92. The first kappa shape index (κ1) is 26.2. The molecule has 166 valence electrons. The molecule has 0 aromatic heterocycles. The van der Waals surface area contributed by atoms with Gasteiger partial charge in [0.15, 0.2) is 15.8 Å². The second kappa shape index (κ2) is 14.2. The molecule has 0 atom stereocenters. The Morgan fingerprint density at radius 2 is 1.69 bits per heavy atom. The van der Waals surface area contributed by atoms with Crippen molar-refractivity contribution in [2.75, 3.05) is 26.0 Å². The standard InChI is InChI=1S/C21H35N3O3S.HI/c1-3-22-21(23-14-15-27-20-8-6-4-5-7-9-20)24-16-18-10-12-19(13-11-18)17-28(2,25)26;/h10-13,20H,3-9,14-17H2,1-2H3,(H2,22,23,24);1H. The summed E-state index contributed by atoms with van der Waals surface area (Å²) in [4.78, 5) is 4.61. The maximum Gasteiger partial charge on any atom is 0.191 e. The molecule has 0 heterocycles. The highest BCUT2D eigenvalue weighted by Gasteiger charge is 2.12. The summed E-state index contributed by atoms with van der Waals surface area (Å²) >= 11 is 0. The maximum atomic E-state index is 11.4. The fraction of sp³-hybridized carbons (Fsp3) is 0.667. The van der Waals surface area contributed by atoms with Crippen molar-refractivity contribution in [1.82, 2.24) is 10.6 Å². The lowest BCUT2D eigenvalue weighted by Crippen LogP contribution is -2.39. The van der Waals surface area contributed by atoms with Crippen LogP contribution in [0.25, 0.3) is 0 Å². The summed E-state index contributed by atoms with van der Waals surface area (Å²) in [6.45, 7) is 4.80. The van der Waals surface area contributed by atoms with Gasteiger partial charge in [0.25, 0.3) is 0 Å². The quantitative estimate of drug-likeness (QED) is 0.165. The molecule has 1 aromatic rings. The van der Waals surface area contributed by atoms with Gasteiger partial charge in [-0.25, -0.2) is 13.4 Å². The Kier molecular flexibility index (Phi) is 12.8. The largest absolute Gasteiger partial charge is 0.376 e. The van der Waals surface area contributed by atoms with Gasteiger partial charge in [0, 0.05) is 19.3 Å². The number of hydrogen-bond acceptors (Lipinski definition) is 4. The number of hydrogen-bond donors (Lipinski definition) is 2. The summed E-state index contributed by atoms with van der Waals surface area (Å²) in [6, 6.07) is 7.57. The number of ether oxygens (including phenoxy) is 1. The summed E-state index contributed by atoms with van der Waals surface area (Å²) in [5.74, 6) is 0.842. The fourth-order valence-corrected chi connectivity index (χ4v) is 4.16. The van der Waals surface area contributed by atoms with Gasteiger partial charge in [-0.3, -0.25) is 0 Å². The van der Waals surface area contributed by atoms with Crippen LogP contribution < -0.4 is 10.6 Å². The van der Waals surface area contributed by atoms with E-state index in [0.717, 1.165) is 30.2 Å². The minimum absolute atomic E-state index is 0. The van der Waals surface area contributed by atoms with Crippen molar-refractivity contribution in [2.24, 2.45) is 4.99 Å². The van der Waals surface area contributed by atoms with E-state index in [1.54, 1.807) is 0 Å². The Balaban J connectivity index is 0.00000420. The third-order valence-electron chi connectivity index (χ3n) is 4.77. The molecule has 1 aliphatic rings. The van der Waals surface area contributed by atoms with Crippen LogP contribution in [-0.2, 0) is 26.9 Å². The molecule has 1 saturated carbocycles. The van der Waals surface area contributed by atoms with E-state index >= 15 is 0 Å². The van der Waals surface area contributed by atoms with Crippen LogP contribution in [0.1, 0.15) is 56.6 Å². The molecule has 29 heavy (non-hydrogen) atoms. The molecule has 1 fully saturated rings. The van der Waals surface area contributed by atoms with Gasteiger partial charge in [-0.15, -0.1) is 24.0 Å². The fourth-order valence-electron chi connectivity index (χ4n) is 3.36. The minimum Gasteiger partial charge on any atom is -0.376 e. The number of guanidine groups is 1. The number of nitrogens with zero attached hydrogens (tertiary/aromatic N) is 1. The molecule has 2 N–H and O–H groups in total. The van der Waals surface area contributed by atoms with E-state index in [-0.39, 0.29) is 29.7 Å². The Bertz CT molecular complexity index is 700. The van der Waals surface area contributed by atoms with Gasteiger partial charge in [-0.2, -0.15) is 0 Å². The van der Waals surface area contributed by atoms with Crippen molar-refractivity contribution in [3.8, 4) is 0 Å². The monoisotopic (exact) mass is 537 g/mol. The second-order valence-electron chi connectivity index (χ2n) is 7.49. The van der Waals surface area contributed by atoms with Gasteiger partial charge >= 0.3 is 0 Å². The molecular weight excluding hydrogens is 501 g/mol. The normalized spacial score (nSPS) is 16.0. The Morgan fingerprint density at radius 1 is 1.07 bits per heavy atom. The van der Waals surface area contributed by atoms with E-state index in [1.807, 2.05) is 31.2 Å². The van der Waals surface area contributed by atoms with Crippen molar-refractivity contribution >= 4 is 39.8 Å². The smallest absolute Gasteiger partial charge is 0.191 e. The van der Waals surface area contributed by atoms with E-state index in [2.05, 4.69) is 15.6 Å². The lowest BCUT2D eigenvalue weighted by Gasteiger charge is -2.16. The number of sulfone groups is 1. The minimum atomic E-state index is -3.01. The maximum absolute atomic E-state index is 11.4. The SMILES string of the molecule is CCNC(=NCc1ccc(CS(C)(=O)=O)cc1)NCCOC1CCCCCC1.I. The van der Waals surface area contributed by atoms with Crippen molar-refractivity contribution < 1.29 is 13.2 Å². The summed E-state index contributed by atoms with van der Waals surface area (Å²) in [5.41, 5.74) is 1.85. The molecule has 0 spiro atoms. The number of aliphatic imine (C=N–C) groups is 1. The van der Waals surface area contributed by atoms with Gasteiger partial charge in [-0.05, 0) is 30.9 Å². The second-order valence-corrected chi connectivity index (χ2v) is 9.63. The zero-order valence-corrected chi connectivity index (χ0v) is 20.8. The molecule has 0 radical (unpaired) electrons. The third kappa shape index (κ3) is 11.8. The molecule has 0 amide bonds. The van der Waals surface area contributed by atoms with Gasteiger partial charge in [0.2, 0.25) is 0 Å². The van der Waals surface area contributed by atoms with Crippen LogP contribution in [-0.4, -0.2) is 46.4 Å². The molecule has 0 aliphatic heterocycles. The van der Waals surface area contributed by atoms with Gasteiger partial charge in [-0.1, -0.05) is 49.9 Å². The number of benzene rings is 1. The first-order valence-corrected chi connectivity index (χ1v) is 12.4. The van der Waals surface area contributed by atoms with E-state index < -0.39 is 9.84 Å². The molecule has 8 heteroatoms. The molecule has 6 nitrogen and oxygen atoms in total. The first-order chi connectivity index (χ1) is 13.5. The van der Waals surface area contributed by atoms with Crippen molar-refractivity contribution in [2.45, 2.75) is 63.9 Å². The van der Waals surface area contributed by atoms with Crippen LogP contribution in [0, 0.1) is 0 Å². The lowest BCUT2D eigenvalue weighted by molar-refractivity contribution is 0.0468. The Morgan fingerprint density at radius 3 is 2.28 bits per heavy atom. The summed E-state index contributed by atoms with van der Waals surface area (Å²) < 4.78 is 28.7. The summed E-state index contributed by atoms with van der Waals surface area (Å²) in [5, 5.41) is 6.57. The van der Waals surface area contributed by atoms with Gasteiger partial charge in [0.05, 0.1) is 25.0 Å². The molecule has 0 saturated heterocycles. The Labute approximate surface area is 193 Å². The van der Waals surface area contributed by atoms with Crippen LogP contribution >= 0.6 is 24.0 Å². The predicted octanol–water partition coefficient (Wildman–Crippen LogP) is 3.64. The zero-order valence-electron chi connectivity index (χ0n) is 17.7. The predicted molar refractivity (Wildman–Crippen MR) is 131 cm³/mol. The highest BCUT2D eigenvalue weighted by molar-refractivity contribution is 14.0. The van der Waals surface area contributed by atoms with E-state index in [0.29, 0.717) is 19.3 Å². The zero-order chi connectivity index (χ0) is 20.2.